The zero-order valence-corrected chi connectivity index (χ0v) is 12.8. The maximum absolute atomic E-state index is 11.9. The van der Waals surface area contributed by atoms with E-state index in [1.165, 1.54) is 5.56 Å². The third-order valence-electron chi connectivity index (χ3n) is 3.91. The van der Waals surface area contributed by atoms with E-state index in [4.69, 9.17) is 5.73 Å². The second kappa shape index (κ2) is 5.71. The molecule has 6 nitrogen and oxygen atoms in total. The van der Waals surface area contributed by atoms with Gasteiger partial charge in [-0.2, -0.15) is 15.0 Å². The van der Waals surface area contributed by atoms with E-state index in [-0.39, 0.29) is 17.6 Å². The fraction of sp³-hybridized carbons (Fsp3) is 0.375. The highest BCUT2D eigenvalue weighted by molar-refractivity contribution is 5.86. The smallest absolute Gasteiger partial charge is 0.232 e. The minimum Gasteiger partial charge on any atom is -0.368 e. The molecule has 1 fully saturated rings. The molecule has 2 aromatic rings. The number of hydrogen-bond acceptors (Lipinski definition) is 6. The van der Waals surface area contributed by atoms with Crippen molar-refractivity contribution < 1.29 is 4.79 Å². The van der Waals surface area contributed by atoms with Crippen LogP contribution in [0.1, 0.15) is 42.1 Å². The van der Waals surface area contributed by atoms with E-state index in [1.54, 1.807) is 0 Å². The quantitative estimate of drug-likeness (QED) is 0.904. The lowest BCUT2D eigenvalue weighted by atomic mass is 10.1. The molecule has 1 heterocycles. The Labute approximate surface area is 129 Å². The first-order chi connectivity index (χ1) is 10.5. The number of nitrogens with zero attached hydrogens (tertiary/aromatic N) is 3. The van der Waals surface area contributed by atoms with E-state index in [0.29, 0.717) is 18.2 Å². The Balaban J connectivity index is 1.90. The summed E-state index contributed by atoms with van der Waals surface area (Å²) in [6, 6.07) is 6.07. The fourth-order valence-electron chi connectivity index (χ4n) is 2.78. The number of hydrogen-bond donors (Lipinski definition) is 2. The van der Waals surface area contributed by atoms with Crippen molar-refractivity contribution >= 4 is 23.4 Å². The third-order valence-corrected chi connectivity index (χ3v) is 3.91. The number of Topliss-reactive ketones (excluding diaryl/α,β-unsaturated/α-hetero) is 1. The first kappa shape index (κ1) is 14.4. The predicted octanol–water partition coefficient (Wildman–Crippen LogP) is 2.65. The molecule has 1 aromatic carbocycles. The first-order valence-corrected chi connectivity index (χ1v) is 7.41. The molecule has 3 rings (SSSR count). The van der Waals surface area contributed by atoms with Gasteiger partial charge in [-0.25, -0.2) is 0 Å². The average Bonchev–Trinajstić information content (AvgIpc) is 2.88. The lowest BCUT2D eigenvalue weighted by Gasteiger charge is -2.12. The number of aromatic nitrogens is 3. The number of nitrogens with one attached hydrogen (secondary N) is 1. The van der Waals surface area contributed by atoms with Crippen molar-refractivity contribution in [2.45, 2.75) is 39.0 Å². The number of nitrogens with two attached hydrogens (primary N) is 1. The topological polar surface area (TPSA) is 93.8 Å². The molecule has 114 valence electrons. The molecule has 22 heavy (non-hydrogen) atoms. The van der Waals surface area contributed by atoms with Gasteiger partial charge in [-0.05, 0) is 38.3 Å². The van der Waals surface area contributed by atoms with E-state index >= 15 is 0 Å². The van der Waals surface area contributed by atoms with Gasteiger partial charge in [-0.15, -0.1) is 0 Å². The van der Waals surface area contributed by atoms with Gasteiger partial charge in [0.15, 0.2) is 0 Å². The van der Waals surface area contributed by atoms with Crippen molar-refractivity contribution in [3.8, 4) is 0 Å². The van der Waals surface area contributed by atoms with Gasteiger partial charge >= 0.3 is 0 Å². The molecule has 3 N–H and O–H groups in total. The highest BCUT2D eigenvalue weighted by atomic mass is 16.1. The number of rotatable bonds is 3. The molecule has 1 aliphatic carbocycles. The summed E-state index contributed by atoms with van der Waals surface area (Å²) in [6.07, 6.45) is 2.26. The van der Waals surface area contributed by atoms with Gasteiger partial charge in [0, 0.05) is 12.1 Å². The van der Waals surface area contributed by atoms with Crippen molar-refractivity contribution in [3.63, 3.8) is 0 Å². The lowest BCUT2D eigenvalue weighted by molar-refractivity contribution is -0.118. The Morgan fingerprint density at radius 1 is 1.23 bits per heavy atom. The van der Waals surface area contributed by atoms with Crippen molar-refractivity contribution in [2.75, 3.05) is 11.1 Å². The lowest BCUT2D eigenvalue weighted by Crippen LogP contribution is -2.13. The molecule has 0 amide bonds. The van der Waals surface area contributed by atoms with E-state index < -0.39 is 0 Å². The van der Waals surface area contributed by atoms with E-state index in [0.717, 1.165) is 24.1 Å². The number of carbonyl (C=O) groups excluding carboxylic acids is 1. The van der Waals surface area contributed by atoms with Crippen LogP contribution >= 0.6 is 0 Å². The molecule has 0 aliphatic heterocycles. The Morgan fingerprint density at radius 2 is 2.05 bits per heavy atom. The minimum atomic E-state index is -0.245. The molecule has 0 bridgehead atoms. The van der Waals surface area contributed by atoms with Gasteiger partial charge in [-0.3, -0.25) is 4.79 Å². The summed E-state index contributed by atoms with van der Waals surface area (Å²) >= 11 is 0. The van der Waals surface area contributed by atoms with Crippen molar-refractivity contribution in [2.24, 2.45) is 0 Å². The number of carbonyl (C=O) groups is 1. The van der Waals surface area contributed by atoms with Crippen LogP contribution in [-0.4, -0.2) is 20.7 Å². The van der Waals surface area contributed by atoms with E-state index in [9.17, 15) is 4.79 Å². The molecule has 1 aromatic heterocycles. The van der Waals surface area contributed by atoms with Gasteiger partial charge in [0.2, 0.25) is 11.9 Å². The second-order valence-electron chi connectivity index (χ2n) is 5.73. The summed E-state index contributed by atoms with van der Waals surface area (Å²) in [6.45, 7) is 4.06. The molecule has 0 spiro atoms. The standard InChI is InChI=1S/C16H19N5O/c1-9-6-7-12(10(2)8-9)18-16-20-14(19-15(17)21-16)11-4-3-5-13(11)22/h6-8,11H,3-5H2,1-2H3,(H3,17,18,19,20,21). The highest BCUT2D eigenvalue weighted by Gasteiger charge is 2.29. The monoisotopic (exact) mass is 297 g/mol. The summed E-state index contributed by atoms with van der Waals surface area (Å²) in [5, 5.41) is 3.17. The molecule has 1 unspecified atom stereocenters. The Kier molecular flexibility index (Phi) is 3.75. The zero-order valence-electron chi connectivity index (χ0n) is 12.8. The van der Waals surface area contributed by atoms with Gasteiger partial charge < -0.3 is 11.1 Å². The summed E-state index contributed by atoms with van der Waals surface area (Å²) in [5.74, 6) is 0.932. The summed E-state index contributed by atoms with van der Waals surface area (Å²) in [5.41, 5.74) is 8.98. The Hall–Kier alpha value is -2.50. The average molecular weight is 297 g/mol. The fourth-order valence-corrected chi connectivity index (χ4v) is 2.78. The Morgan fingerprint density at radius 3 is 2.73 bits per heavy atom. The Bertz CT molecular complexity index is 728. The molecule has 0 saturated heterocycles. The maximum atomic E-state index is 11.9. The van der Waals surface area contributed by atoms with Gasteiger partial charge in [0.25, 0.3) is 0 Å². The highest BCUT2D eigenvalue weighted by Crippen LogP contribution is 2.30. The van der Waals surface area contributed by atoms with Crippen LogP contribution in [0.5, 0.6) is 0 Å². The number of nitrogen functional groups attached to an aromatic ring is 1. The van der Waals surface area contributed by atoms with E-state index in [1.807, 2.05) is 26.0 Å². The largest absolute Gasteiger partial charge is 0.368 e. The number of anilines is 3. The van der Waals surface area contributed by atoms with Crippen LogP contribution in [0.3, 0.4) is 0 Å². The second-order valence-corrected chi connectivity index (χ2v) is 5.73. The molecule has 1 atom stereocenters. The first-order valence-electron chi connectivity index (χ1n) is 7.41. The summed E-state index contributed by atoms with van der Waals surface area (Å²) in [4.78, 5) is 24.5. The van der Waals surface area contributed by atoms with Crippen molar-refractivity contribution in [1.82, 2.24) is 15.0 Å². The van der Waals surface area contributed by atoms with Crippen LogP contribution < -0.4 is 11.1 Å². The normalized spacial score (nSPS) is 17.7. The molecule has 1 aliphatic rings. The minimum absolute atomic E-state index is 0.136. The SMILES string of the molecule is Cc1ccc(Nc2nc(N)nc(C3CCCC3=O)n2)c(C)c1. The number of benzene rings is 1. The van der Waals surface area contributed by atoms with Gasteiger partial charge in [0.05, 0.1) is 5.92 Å². The van der Waals surface area contributed by atoms with Gasteiger partial charge in [-0.1, -0.05) is 17.7 Å². The molecular weight excluding hydrogens is 278 g/mol. The van der Waals surface area contributed by atoms with Crippen molar-refractivity contribution in [3.05, 3.63) is 35.2 Å². The van der Waals surface area contributed by atoms with E-state index in [2.05, 4.69) is 26.3 Å². The van der Waals surface area contributed by atoms with Gasteiger partial charge in [0.1, 0.15) is 11.6 Å². The van der Waals surface area contributed by atoms with Crippen LogP contribution in [0.15, 0.2) is 18.2 Å². The molecule has 1 saturated carbocycles. The molecule has 0 radical (unpaired) electrons. The molecule has 6 heteroatoms. The predicted molar refractivity (Wildman–Crippen MR) is 85.0 cm³/mol. The zero-order chi connectivity index (χ0) is 15.7. The van der Waals surface area contributed by atoms with Crippen LogP contribution in [0.25, 0.3) is 0 Å². The maximum Gasteiger partial charge on any atom is 0.232 e. The molecular formula is C16H19N5O. The van der Waals surface area contributed by atoms with Crippen LogP contribution in [0.4, 0.5) is 17.6 Å². The van der Waals surface area contributed by atoms with Crippen LogP contribution in [0.2, 0.25) is 0 Å². The van der Waals surface area contributed by atoms with Crippen LogP contribution in [0, 0.1) is 13.8 Å². The third kappa shape index (κ3) is 2.90. The summed E-state index contributed by atoms with van der Waals surface area (Å²) in [7, 11) is 0. The van der Waals surface area contributed by atoms with Crippen LogP contribution in [-0.2, 0) is 4.79 Å². The van der Waals surface area contributed by atoms with Crippen molar-refractivity contribution in [1.29, 1.82) is 0 Å². The number of aryl methyl sites for hydroxylation is 2. The summed E-state index contributed by atoms with van der Waals surface area (Å²) < 4.78 is 0. The number of ketones is 1.